The first-order chi connectivity index (χ1) is 17.8. The molecule has 4 rings (SSSR count). The summed E-state index contributed by atoms with van der Waals surface area (Å²) in [5, 5.41) is 7.10. The van der Waals surface area contributed by atoms with Crippen molar-refractivity contribution in [1.29, 1.82) is 0 Å². The van der Waals surface area contributed by atoms with Crippen LogP contribution in [0.3, 0.4) is 0 Å². The summed E-state index contributed by atoms with van der Waals surface area (Å²) in [4.78, 5) is 1.60. The van der Waals surface area contributed by atoms with Crippen LogP contribution in [0.2, 0.25) is 19.6 Å². The fourth-order valence-corrected chi connectivity index (χ4v) is 15.3. The van der Waals surface area contributed by atoms with Crippen molar-refractivity contribution in [3.63, 3.8) is 0 Å². The summed E-state index contributed by atoms with van der Waals surface area (Å²) < 4.78 is 0. The Bertz CT molecular complexity index is 1390. The molecule has 0 amide bonds. The van der Waals surface area contributed by atoms with Gasteiger partial charge in [-0.2, -0.15) is 0 Å². The summed E-state index contributed by atoms with van der Waals surface area (Å²) in [5.41, 5.74) is 8.04. The molecule has 0 aromatic heterocycles. The Morgan fingerprint density at radius 1 is 0.658 bits per heavy atom. The van der Waals surface area contributed by atoms with Crippen LogP contribution >= 0.6 is 7.04 Å². The Kier molecular flexibility index (Phi) is 7.98. The molecule has 3 heteroatoms. The first-order valence-corrected chi connectivity index (χ1v) is 19.0. The molecule has 0 unspecified atom stereocenters. The highest BCUT2D eigenvalue weighted by Gasteiger charge is 2.36. The molecule has 0 radical (unpaired) electrons. The van der Waals surface area contributed by atoms with E-state index in [0.29, 0.717) is 0 Å². The van der Waals surface area contributed by atoms with E-state index < -0.39 is 15.1 Å². The predicted octanol–water partition coefficient (Wildman–Crippen LogP) is 9.00. The van der Waals surface area contributed by atoms with E-state index in [-0.39, 0.29) is 5.41 Å². The van der Waals surface area contributed by atoms with E-state index in [0.717, 1.165) is 0 Å². The topological polar surface area (TPSA) is 12.0 Å². The maximum atomic E-state index is 4.35. The van der Waals surface area contributed by atoms with Crippen molar-refractivity contribution in [2.45, 2.75) is 66.6 Å². The van der Waals surface area contributed by atoms with Gasteiger partial charge in [-0.05, 0) is 64.0 Å². The van der Waals surface area contributed by atoms with Gasteiger partial charge >= 0.3 is 0 Å². The first kappa shape index (κ1) is 28.2. The third-order valence-electron chi connectivity index (χ3n) is 7.31. The Hall–Kier alpha value is -2.80. The zero-order chi connectivity index (χ0) is 27.7. The lowest BCUT2D eigenvalue weighted by Gasteiger charge is -2.39. The summed E-state index contributed by atoms with van der Waals surface area (Å²) in [6.45, 7) is 21.1. The lowest BCUT2D eigenvalue weighted by molar-refractivity contribution is 0.590. The molecule has 4 aromatic carbocycles. The second-order valence-corrected chi connectivity index (χ2v) is 21.1. The molecule has 198 valence electrons. The lowest BCUT2D eigenvalue weighted by Crippen LogP contribution is -2.41. The minimum atomic E-state index is -2.27. The molecule has 0 saturated carbocycles. The van der Waals surface area contributed by atoms with Crippen molar-refractivity contribution in [3.05, 3.63) is 125 Å². The van der Waals surface area contributed by atoms with Gasteiger partial charge in [0, 0.05) is 12.7 Å². The zero-order valence-corrected chi connectivity index (χ0v) is 26.6. The molecule has 0 fully saturated rings. The number of aryl methyl sites for hydroxylation is 3. The normalized spacial score (nSPS) is 12.3. The maximum Gasteiger partial charge on any atom is 0.0815 e. The summed E-state index contributed by atoms with van der Waals surface area (Å²) in [5.74, 6) is 0. The summed E-state index contributed by atoms with van der Waals surface area (Å²) >= 11 is 0. The summed E-state index contributed by atoms with van der Waals surface area (Å²) in [7, 11) is -4.16. The fourth-order valence-electron chi connectivity index (χ4n) is 5.68. The second kappa shape index (κ2) is 10.8. The SMILES string of the molecule is Cc1cc(C)c(NP(=C(c2ccc(C(C)(C)C)cc2)[Si](C)(C)C)(c2ccccc2)c2ccccc2)c(C)c1. The van der Waals surface area contributed by atoms with Gasteiger partial charge in [-0.1, -0.05) is 143 Å². The summed E-state index contributed by atoms with van der Waals surface area (Å²) in [6, 6.07) is 36.6. The molecule has 0 aliphatic rings. The van der Waals surface area contributed by atoms with Crippen molar-refractivity contribution in [3.8, 4) is 0 Å². The van der Waals surface area contributed by atoms with Crippen molar-refractivity contribution >= 4 is 36.3 Å². The van der Waals surface area contributed by atoms with E-state index in [2.05, 4.69) is 163 Å². The average Bonchev–Trinajstić information content (AvgIpc) is 2.85. The number of benzene rings is 4. The average molecular weight is 538 g/mol. The van der Waals surface area contributed by atoms with E-state index in [1.54, 1.807) is 4.92 Å². The molecule has 0 bridgehead atoms. The van der Waals surface area contributed by atoms with Crippen molar-refractivity contribution < 1.29 is 0 Å². The van der Waals surface area contributed by atoms with Crippen molar-refractivity contribution in [2.75, 3.05) is 5.09 Å². The molecule has 4 aromatic rings. The molecule has 1 nitrogen and oxygen atoms in total. The zero-order valence-electron chi connectivity index (χ0n) is 24.7. The van der Waals surface area contributed by atoms with Crippen molar-refractivity contribution in [1.82, 2.24) is 0 Å². The highest BCUT2D eigenvalue weighted by Crippen LogP contribution is 2.51. The van der Waals surface area contributed by atoms with Crippen LogP contribution in [0, 0.1) is 20.8 Å². The molecular weight excluding hydrogens is 493 g/mol. The monoisotopic (exact) mass is 537 g/mol. The summed E-state index contributed by atoms with van der Waals surface area (Å²) in [6.07, 6.45) is 0. The molecular formula is C35H44NPSi. The van der Waals surface area contributed by atoms with Gasteiger partial charge < -0.3 is 5.09 Å². The number of hydrogen-bond acceptors (Lipinski definition) is 1. The molecule has 38 heavy (non-hydrogen) atoms. The number of hydrogen-bond donors (Lipinski definition) is 1. The Morgan fingerprint density at radius 2 is 1.11 bits per heavy atom. The van der Waals surface area contributed by atoms with E-state index in [1.807, 2.05) is 0 Å². The van der Waals surface area contributed by atoms with Gasteiger partial charge in [0.25, 0.3) is 0 Å². The predicted molar refractivity (Wildman–Crippen MR) is 176 cm³/mol. The highest BCUT2D eigenvalue weighted by molar-refractivity contribution is 7.94. The molecule has 0 atom stereocenters. The Balaban J connectivity index is 2.22. The van der Waals surface area contributed by atoms with Crippen molar-refractivity contribution in [2.24, 2.45) is 0 Å². The van der Waals surface area contributed by atoms with Crippen LogP contribution in [0.15, 0.2) is 97.1 Å². The smallest absolute Gasteiger partial charge is 0.0815 e. The van der Waals surface area contributed by atoms with Crippen LogP contribution in [0.25, 0.3) is 0 Å². The minimum absolute atomic E-state index is 0.122. The van der Waals surface area contributed by atoms with Crippen LogP contribution in [0.1, 0.15) is 48.6 Å². The Morgan fingerprint density at radius 3 is 1.50 bits per heavy atom. The van der Waals surface area contributed by atoms with Gasteiger partial charge in [0.1, 0.15) is 0 Å². The number of nitrogens with one attached hydrogen (secondary N) is 1. The van der Waals surface area contributed by atoms with E-state index >= 15 is 0 Å². The fraction of sp³-hybridized carbons (Fsp3) is 0.286. The first-order valence-electron chi connectivity index (χ1n) is 13.7. The Labute approximate surface area is 232 Å². The molecule has 0 saturated heterocycles. The van der Waals surface area contributed by atoms with Crippen LogP contribution < -0.4 is 15.7 Å². The molecule has 0 heterocycles. The number of anilines is 1. The van der Waals surface area contributed by atoms with Crippen LogP contribution in [0.5, 0.6) is 0 Å². The largest absolute Gasteiger partial charge is 0.358 e. The maximum absolute atomic E-state index is 4.35. The standard InChI is InChI=1S/C35H44NPSi/c1-26-24-27(2)33(28(3)25-26)36-37(31-16-12-10-13-17-31,32-18-14-11-15-19-32)34(38(7,8)9)29-20-22-30(23-21-29)35(4,5)6/h10-25,36H,1-9H3. The third kappa shape index (κ3) is 5.63. The van der Waals surface area contributed by atoms with Crippen LogP contribution in [-0.2, 0) is 5.41 Å². The van der Waals surface area contributed by atoms with Gasteiger partial charge in [0.05, 0.1) is 8.07 Å². The van der Waals surface area contributed by atoms with Gasteiger partial charge in [0.15, 0.2) is 0 Å². The third-order valence-corrected chi connectivity index (χ3v) is 15.7. The van der Waals surface area contributed by atoms with Crippen LogP contribution in [-0.4, -0.2) is 13.0 Å². The molecule has 0 aliphatic carbocycles. The van der Waals surface area contributed by atoms with Gasteiger partial charge in [-0.15, -0.1) is 0 Å². The van der Waals surface area contributed by atoms with E-state index in [9.17, 15) is 0 Å². The van der Waals surface area contributed by atoms with E-state index in [1.165, 1.54) is 44.1 Å². The molecule has 0 spiro atoms. The van der Waals surface area contributed by atoms with E-state index in [4.69, 9.17) is 0 Å². The van der Waals surface area contributed by atoms with Gasteiger partial charge in [0.2, 0.25) is 0 Å². The molecule has 1 N–H and O–H groups in total. The highest BCUT2D eigenvalue weighted by atomic mass is 31.2. The second-order valence-electron chi connectivity index (χ2n) is 12.7. The van der Waals surface area contributed by atoms with Gasteiger partial charge in [-0.25, -0.2) is 0 Å². The minimum Gasteiger partial charge on any atom is -0.358 e. The quantitative estimate of drug-likeness (QED) is 0.191. The van der Waals surface area contributed by atoms with Crippen LogP contribution in [0.4, 0.5) is 5.69 Å². The molecule has 0 aliphatic heterocycles. The lowest BCUT2D eigenvalue weighted by atomic mass is 9.87. The number of rotatable bonds is 6. The van der Waals surface area contributed by atoms with Gasteiger partial charge in [-0.3, -0.25) is 0 Å².